The molecular weight excluding hydrogens is 270 g/mol. The summed E-state index contributed by atoms with van der Waals surface area (Å²) in [4.78, 5) is 23.3. The Labute approximate surface area is 123 Å². The third-order valence-corrected chi connectivity index (χ3v) is 3.69. The van der Waals surface area contributed by atoms with Gasteiger partial charge in [-0.1, -0.05) is 37.3 Å². The first-order valence-corrected chi connectivity index (χ1v) is 7.18. The van der Waals surface area contributed by atoms with E-state index in [0.29, 0.717) is 6.42 Å². The lowest BCUT2D eigenvalue weighted by molar-refractivity contribution is -0.137. The van der Waals surface area contributed by atoms with Crippen LogP contribution < -0.4 is 16.2 Å². The van der Waals surface area contributed by atoms with Gasteiger partial charge in [0, 0.05) is 6.04 Å². The third kappa shape index (κ3) is 4.27. The third-order valence-electron chi connectivity index (χ3n) is 3.69. The fourth-order valence-electron chi connectivity index (χ4n) is 2.45. The number of aliphatic carboxylic acids is 1. The largest absolute Gasteiger partial charge is 0.481 e. The van der Waals surface area contributed by atoms with E-state index in [1.807, 2.05) is 30.3 Å². The molecule has 4 N–H and O–H groups in total. The molecule has 3 atom stereocenters. The van der Waals surface area contributed by atoms with Gasteiger partial charge in [0.1, 0.15) is 6.04 Å². The lowest BCUT2D eigenvalue weighted by Crippen LogP contribution is -2.44. The Morgan fingerprint density at radius 3 is 2.62 bits per heavy atom. The van der Waals surface area contributed by atoms with Crippen LogP contribution in [0.4, 0.5) is 0 Å². The number of carbonyl (C=O) groups excluding carboxylic acids is 1. The molecule has 0 radical (unpaired) electrons. The van der Waals surface area contributed by atoms with Crippen molar-refractivity contribution in [2.24, 2.45) is 0 Å². The van der Waals surface area contributed by atoms with Gasteiger partial charge < -0.3 is 10.4 Å². The molecule has 1 aliphatic rings. The van der Waals surface area contributed by atoms with Crippen LogP contribution in [-0.4, -0.2) is 29.1 Å². The molecule has 0 bridgehead atoms. The Bertz CT molecular complexity index is 492. The Kier molecular flexibility index (Phi) is 5.30. The summed E-state index contributed by atoms with van der Waals surface area (Å²) in [6, 6.07) is 8.60. The molecular formula is C15H21N3O3. The number of hydrogen-bond donors (Lipinski definition) is 4. The topological polar surface area (TPSA) is 90.5 Å². The van der Waals surface area contributed by atoms with Gasteiger partial charge in [0.05, 0.1) is 12.5 Å². The van der Waals surface area contributed by atoms with Crippen LogP contribution in [0.2, 0.25) is 0 Å². The number of nitrogens with one attached hydrogen (secondary N) is 3. The molecule has 0 saturated carbocycles. The Morgan fingerprint density at radius 1 is 1.33 bits per heavy atom. The van der Waals surface area contributed by atoms with Gasteiger partial charge in [-0.25, -0.2) is 5.43 Å². The Balaban J connectivity index is 2.02. The number of amides is 1. The first-order valence-electron chi connectivity index (χ1n) is 7.18. The molecule has 1 aromatic carbocycles. The molecule has 1 fully saturated rings. The van der Waals surface area contributed by atoms with Crippen LogP contribution in [0.25, 0.3) is 0 Å². The van der Waals surface area contributed by atoms with Gasteiger partial charge in [0.15, 0.2) is 0 Å². The Morgan fingerprint density at radius 2 is 2.05 bits per heavy atom. The number of carboxylic acid groups (broad SMARTS) is 1. The van der Waals surface area contributed by atoms with Crippen LogP contribution >= 0.6 is 0 Å². The Hall–Kier alpha value is -1.92. The van der Waals surface area contributed by atoms with Gasteiger partial charge in [-0.2, -0.15) is 0 Å². The SMILES string of the molecule is CCC1CC(C(=O)NC(CC(=O)O)c2ccccc2)NN1. The van der Waals surface area contributed by atoms with Crippen molar-refractivity contribution in [3.8, 4) is 0 Å². The van der Waals surface area contributed by atoms with E-state index in [4.69, 9.17) is 5.11 Å². The average molecular weight is 291 g/mol. The molecule has 0 aliphatic carbocycles. The van der Waals surface area contributed by atoms with Gasteiger partial charge in [0.25, 0.3) is 0 Å². The van der Waals surface area contributed by atoms with E-state index in [1.165, 1.54) is 0 Å². The fourth-order valence-corrected chi connectivity index (χ4v) is 2.45. The first-order chi connectivity index (χ1) is 10.1. The van der Waals surface area contributed by atoms with Gasteiger partial charge in [0.2, 0.25) is 5.91 Å². The van der Waals surface area contributed by atoms with Gasteiger partial charge >= 0.3 is 5.97 Å². The molecule has 1 saturated heterocycles. The van der Waals surface area contributed by atoms with Crippen LogP contribution in [0.5, 0.6) is 0 Å². The maximum Gasteiger partial charge on any atom is 0.305 e. The number of hydrazine groups is 1. The van der Waals surface area contributed by atoms with Crippen molar-refractivity contribution in [1.29, 1.82) is 0 Å². The smallest absolute Gasteiger partial charge is 0.305 e. The molecule has 1 aliphatic heterocycles. The predicted octanol–water partition coefficient (Wildman–Crippen LogP) is 0.964. The highest BCUT2D eigenvalue weighted by molar-refractivity contribution is 5.83. The summed E-state index contributed by atoms with van der Waals surface area (Å²) in [6.45, 7) is 2.05. The lowest BCUT2D eigenvalue weighted by Gasteiger charge is -2.19. The molecule has 1 aromatic rings. The quantitative estimate of drug-likeness (QED) is 0.627. The minimum Gasteiger partial charge on any atom is -0.481 e. The van der Waals surface area contributed by atoms with Crippen LogP contribution in [0.1, 0.15) is 37.8 Å². The normalized spacial score (nSPS) is 22.7. The number of hydrogen-bond acceptors (Lipinski definition) is 4. The maximum atomic E-state index is 12.3. The molecule has 21 heavy (non-hydrogen) atoms. The van der Waals surface area contributed by atoms with E-state index in [2.05, 4.69) is 23.1 Å². The highest BCUT2D eigenvalue weighted by atomic mass is 16.4. The van der Waals surface area contributed by atoms with Crippen molar-refractivity contribution in [2.75, 3.05) is 0 Å². The molecule has 114 valence electrons. The minimum atomic E-state index is -0.937. The van der Waals surface area contributed by atoms with Crippen molar-refractivity contribution in [1.82, 2.24) is 16.2 Å². The van der Waals surface area contributed by atoms with Crippen molar-refractivity contribution in [3.63, 3.8) is 0 Å². The molecule has 0 aromatic heterocycles. The van der Waals surface area contributed by atoms with Crippen molar-refractivity contribution in [2.45, 2.75) is 44.3 Å². The summed E-state index contributed by atoms with van der Waals surface area (Å²) < 4.78 is 0. The first kappa shape index (κ1) is 15.5. The molecule has 6 nitrogen and oxygen atoms in total. The molecule has 3 unspecified atom stereocenters. The molecule has 1 heterocycles. The second kappa shape index (κ2) is 7.19. The number of carbonyl (C=O) groups is 2. The van der Waals surface area contributed by atoms with E-state index in [-0.39, 0.29) is 24.4 Å². The highest BCUT2D eigenvalue weighted by Gasteiger charge is 2.30. The van der Waals surface area contributed by atoms with Crippen molar-refractivity contribution in [3.05, 3.63) is 35.9 Å². The second-order valence-electron chi connectivity index (χ2n) is 5.25. The summed E-state index contributed by atoms with van der Waals surface area (Å²) >= 11 is 0. The molecule has 0 spiro atoms. The van der Waals surface area contributed by atoms with E-state index < -0.39 is 12.0 Å². The lowest BCUT2D eigenvalue weighted by atomic mass is 10.0. The van der Waals surface area contributed by atoms with E-state index in [1.54, 1.807) is 0 Å². The minimum absolute atomic E-state index is 0.132. The van der Waals surface area contributed by atoms with E-state index >= 15 is 0 Å². The summed E-state index contributed by atoms with van der Waals surface area (Å²) in [7, 11) is 0. The van der Waals surface area contributed by atoms with Gasteiger partial charge in [-0.05, 0) is 18.4 Å². The number of carboxylic acids is 1. The predicted molar refractivity (Wildman–Crippen MR) is 78.3 cm³/mol. The van der Waals surface area contributed by atoms with Crippen LogP contribution in [-0.2, 0) is 9.59 Å². The summed E-state index contributed by atoms with van der Waals surface area (Å²) in [6.07, 6.45) is 1.51. The van der Waals surface area contributed by atoms with Gasteiger partial charge in [-0.15, -0.1) is 0 Å². The maximum absolute atomic E-state index is 12.3. The average Bonchev–Trinajstić information content (AvgIpc) is 2.96. The van der Waals surface area contributed by atoms with Crippen molar-refractivity contribution >= 4 is 11.9 Å². The number of rotatable bonds is 6. The van der Waals surface area contributed by atoms with Gasteiger partial charge in [-0.3, -0.25) is 15.0 Å². The van der Waals surface area contributed by atoms with Crippen LogP contribution in [0.15, 0.2) is 30.3 Å². The number of benzene rings is 1. The molecule has 1 amide bonds. The summed E-state index contributed by atoms with van der Waals surface area (Å²) in [5.74, 6) is -1.11. The summed E-state index contributed by atoms with van der Waals surface area (Å²) in [5, 5.41) is 11.9. The monoisotopic (exact) mass is 291 g/mol. The fraction of sp³-hybridized carbons (Fsp3) is 0.467. The molecule has 6 heteroatoms. The highest BCUT2D eigenvalue weighted by Crippen LogP contribution is 2.18. The van der Waals surface area contributed by atoms with Crippen molar-refractivity contribution < 1.29 is 14.7 Å². The zero-order valence-corrected chi connectivity index (χ0v) is 12.0. The second-order valence-corrected chi connectivity index (χ2v) is 5.25. The van der Waals surface area contributed by atoms with E-state index in [9.17, 15) is 9.59 Å². The summed E-state index contributed by atoms with van der Waals surface area (Å²) in [5.41, 5.74) is 6.82. The van der Waals surface area contributed by atoms with Crippen LogP contribution in [0.3, 0.4) is 0 Å². The van der Waals surface area contributed by atoms with E-state index in [0.717, 1.165) is 12.0 Å². The standard InChI is InChI=1S/C15H21N3O3/c1-2-11-8-13(18-17-11)15(21)16-12(9-14(19)20)10-6-4-3-5-7-10/h3-7,11-13,17-18H,2,8-9H2,1H3,(H,16,21)(H,19,20). The van der Waals surface area contributed by atoms with Crippen LogP contribution in [0, 0.1) is 0 Å². The zero-order chi connectivity index (χ0) is 15.2. The zero-order valence-electron chi connectivity index (χ0n) is 12.0. The molecule has 2 rings (SSSR count).